The number of carboxylic acids is 1. The molecule has 1 aliphatic rings. The average molecular weight is 220 g/mol. The number of fused-ring (bicyclic) bond motifs is 1. The Balaban J connectivity index is 2.56. The van der Waals surface area contributed by atoms with E-state index in [1.165, 1.54) is 0 Å². The molecule has 0 aromatic carbocycles. The highest BCUT2D eigenvalue weighted by Crippen LogP contribution is 2.24. The van der Waals surface area contributed by atoms with Crippen molar-refractivity contribution in [2.24, 2.45) is 0 Å². The lowest BCUT2D eigenvalue weighted by molar-refractivity contribution is 0.0688. The maximum atomic E-state index is 11.2. The fourth-order valence-corrected chi connectivity index (χ4v) is 2.05. The Bertz CT molecular complexity index is 427. The van der Waals surface area contributed by atoms with Crippen LogP contribution in [0.25, 0.3) is 0 Å². The molecule has 1 aliphatic carbocycles. The lowest BCUT2D eigenvalue weighted by atomic mass is 9.94. The van der Waals surface area contributed by atoms with Crippen molar-refractivity contribution in [3.8, 4) is 0 Å². The van der Waals surface area contributed by atoms with Gasteiger partial charge in [0.05, 0.1) is 0 Å². The Morgan fingerprint density at radius 1 is 1.25 bits per heavy atom. The molecule has 2 rings (SSSR count). The zero-order valence-electron chi connectivity index (χ0n) is 9.66. The van der Waals surface area contributed by atoms with E-state index in [1.54, 1.807) is 0 Å². The monoisotopic (exact) mass is 220 g/mol. The topological polar surface area (TPSA) is 63.1 Å². The molecular weight excluding hydrogens is 204 g/mol. The first-order chi connectivity index (χ1) is 7.59. The van der Waals surface area contributed by atoms with Crippen molar-refractivity contribution < 1.29 is 9.90 Å². The van der Waals surface area contributed by atoms with Crippen LogP contribution in [0.3, 0.4) is 0 Å². The Morgan fingerprint density at radius 2 is 1.94 bits per heavy atom. The van der Waals surface area contributed by atoms with Crippen LogP contribution in [0.5, 0.6) is 0 Å². The molecule has 0 unspecified atom stereocenters. The standard InChI is InChI=1S/C12H16N2O2/c1-7(2)11-13-9-6-4-3-5-8(9)10(14-11)12(15)16/h7H,3-6H2,1-2H3,(H,15,16). The molecule has 4 heteroatoms. The van der Waals surface area contributed by atoms with Crippen LogP contribution in [-0.2, 0) is 12.8 Å². The molecule has 0 aliphatic heterocycles. The van der Waals surface area contributed by atoms with Crippen LogP contribution in [0.15, 0.2) is 0 Å². The first-order valence-electron chi connectivity index (χ1n) is 5.72. The first kappa shape index (κ1) is 11.0. The van der Waals surface area contributed by atoms with E-state index in [2.05, 4.69) is 9.97 Å². The number of aromatic nitrogens is 2. The summed E-state index contributed by atoms with van der Waals surface area (Å²) in [6, 6.07) is 0. The van der Waals surface area contributed by atoms with E-state index in [0.29, 0.717) is 5.82 Å². The number of rotatable bonds is 2. The van der Waals surface area contributed by atoms with Gasteiger partial charge in [0.15, 0.2) is 5.69 Å². The summed E-state index contributed by atoms with van der Waals surface area (Å²) in [6.45, 7) is 3.96. The summed E-state index contributed by atoms with van der Waals surface area (Å²) < 4.78 is 0. The SMILES string of the molecule is CC(C)c1nc2c(c(C(=O)O)n1)CCCC2. The molecule has 0 amide bonds. The third-order valence-electron chi connectivity index (χ3n) is 2.92. The number of hydrogen-bond donors (Lipinski definition) is 1. The molecule has 1 aromatic rings. The van der Waals surface area contributed by atoms with Gasteiger partial charge in [0.25, 0.3) is 0 Å². The van der Waals surface area contributed by atoms with Gasteiger partial charge in [0, 0.05) is 17.2 Å². The van der Waals surface area contributed by atoms with Crippen molar-refractivity contribution >= 4 is 5.97 Å². The van der Waals surface area contributed by atoms with Gasteiger partial charge in [-0.25, -0.2) is 14.8 Å². The lowest BCUT2D eigenvalue weighted by Crippen LogP contribution is -2.17. The second-order valence-corrected chi connectivity index (χ2v) is 4.52. The highest BCUT2D eigenvalue weighted by atomic mass is 16.4. The molecule has 0 saturated heterocycles. The molecule has 1 aromatic heterocycles. The predicted molar refractivity (Wildman–Crippen MR) is 59.7 cm³/mol. The molecule has 0 spiro atoms. The van der Waals surface area contributed by atoms with Gasteiger partial charge in [0.2, 0.25) is 0 Å². The van der Waals surface area contributed by atoms with Crippen LogP contribution in [0, 0.1) is 0 Å². The lowest BCUT2D eigenvalue weighted by Gasteiger charge is -2.18. The van der Waals surface area contributed by atoms with Gasteiger partial charge in [-0.15, -0.1) is 0 Å². The van der Waals surface area contributed by atoms with Crippen LogP contribution in [-0.4, -0.2) is 21.0 Å². The van der Waals surface area contributed by atoms with Gasteiger partial charge in [-0.1, -0.05) is 13.8 Å². The molecule has 1 heterocycles. The summed E-state index contributed by atoms with van der Waals surface area (Å²) in [5, 5.41) is 9.16. The number of carbonyl (C=O) groups is 1. The highest BCUT2D eigenvalue weighted by molar-refractivity contribution is 5.87. The minimum absolute atomic E-state index is 0.172. The van der Waals surface area contributed by atoms with Crippen molar-refractivity contribution in [3.05, 3.63) is 22.8 Å². The summed E-state index contributed by atoms with van der Waals surface area (Å²) in [7, 11) is 0. The summed E-state index contributed by atoms with van der Waals surface area (Å²) in [4.78, 5) is 19.8. The summed E-state index contributed by atoms with van der Waals surface area (Å²) in [5.41, 5.74) is 2.01. The van der Waals surface area contributed by atoms with Crippen molar-refractivity contribution in [2.75, 3.05) is 0 Å². The number of aryl methyl sites for hydroxylation is 1. The summed E-state index contributed by atoms with van der Waals surface area (Å²) >= 11 is 0. The van der Waals surface area contributed by atoms with Crippen LogP contribution in [0.2, 0.25) is 0 Å². The maximum Gasteiger partial charge on any atom is 0.354 e. The zero-order chi connectivity index (χ0) is 11.7. The molecule has 1 N–H and O–H groups in total. The molecule has 0 fully saturated rings. The maximum absolute atomic E-state index is 11.2. The molecule has 0 bridgehead atoms. The quantitative estimate of drug-likeness (QED) is 0.829. The molecule has 0 saturated carbocycles. The van der Waals surface area contributed by atoms with Crippen LogP contribution in [0.4, 0.5) is 0 Å². The Labute approximate surface area is 94.7 Å². The molecule has 0 radical (unpaired) electrons. The number of nitrogens with zero attached hydrogens (tertiary/aromatic N) is 2. The summed E-state index contributed by atoms with van der Waals surface area (Å²) in [6.07, 6.45) is 3.82. The van der Waals surface area contributed by atoms with Crippen molar-refractivity contribution in [1.29, 1.82) is 0 Å². The molecule has 0 atom stereocenters. The number of hydrogen-bond acceptors (Lipinski definition) is 3. The fraction of sp³-hybridized carbons (Fsp3) is 0.583. The van der Waals surface area contributed by atoms with E-state index in [1.807, 2.05) is 13.8 Å². The van der Waals surface area contributed by atoms with Crippen molar-refractivity contribution in [2.45, 2.75) is 45.4 Å². The Kier molecular flexibility index (Phi) is 2.90. The first-order valence-corrected chi connectivity index (χ1v) is 5.72. The van der Waals surface area contributed by atoms with E-state index in [9.17, 15) is 4.79 Å². The predicted octanol–water partition coefficient (Wildman–Crippen LogP) is 2.18. The average Bonchev–Trinajstić information content (AvgIpc) is 2.27. The van der Waals surface area contributed by atoms with Crippen LogP contribution in [0.1, 0.15) is 60.2 Å². The van der Waals surface area contributed by atoms with Gasteiger partial charge in [-0.05, 0) is 25.7 Å². The van der Waals surface area contributed by atoms with Gasteiger partial charge in [-0.3, -0.25) is 0 Å². The normalized spacial score (nSPS) is 14.9. The van der Waals surface area contributed by atoms with E-state index in [0.717, 1.165) is 36.9 Å². The third-order valence-corrected chi connectivity index (χ3v) is 2.92. The van der Waals surface area contributed by atoms with Gasteiger partial charge in [-0.2, -0.15) is 0 Å². The minimum atomic E-state index is -0.928. The summed E-state index contributed by atoms with van der Waals surface area (Å²) in [5.74, 6) is -0.106. The van der Waals surface area contributed by atoms with E-state index in [4.69, 9.17) is 5.11 Å². The van der Waals surface area contributed by atoms with Crippen molar-refractivity contribution in [1.82, 2.24) is 9.97 Å². The largest absolute Gasteiger partial charge is 0.477 e. The molecule has 4 nitrogen and oxygen atoms in total. The Hall–Kier alpha value is -1.45. The molecule has 86 valence electrons. The van der Waals surface area contributed by atoms with Gasteiger partial charge < -0.3 is 5.11 Å². The highest BCUT2D eigenvalue weighted by Gasteiger charge is 2.22. The Morgan fingerprint density at radius 3 is 2.56 bits per heavy atom. The van der Waals surface area contributed by atoms with E-state index < -0.39 is 5.97 Å². The second-order valence-electron chi connectivity index (χ2n) is 4.52. The van der Waals surface area contributed by atoms with Crippen LogP contribution < -0.4 is 0 Å². The van der Waals surface area contributed by atoms with Gasteiger partial charge >= 0.3 is 5.97 Å². The number of aromatic carboxylic acids is 1. The van der Waals surface area contributed by atoms with E-state index in [-0.39, 0.29) is 11.6 Å². The molecular formula is C12H16N2O2. The number of carboxylic acid groups (broad SMARTS) is 1. The van der Waals surface area contributed by atoms with Gasteiger partial charge in [0.1, 0.15) is 5.82 Å². The van der Waals surface area contributed by atoms with Crippen molar-refractivity contribution in [3.63, 3.8) is 0 Å². The molecule has 16 heavy (non-hydrogen) atoms. The zero-order valence-corrected chi connectivity index (χ0v) is 9.66. The minimum Gasteiger partial charge on any atom is -0.477 e. The third kappa shape index (κ3) is 1.92. The van der Waals surface area contributed by atoms with E-state index >= 15 is 0 Å². The fourth-order valence-electron chi connectivity index (χ4n) is 2.05. The van der Waals surface area contributed by atoms with Crippen LogP contribution >= 0.6 is 0 Å². The second kappa shape index (κ2) is 4.20. The smallest absolute Gasteiger partial charge is 0.354 e.